The van der Waals surface area contributed by atoms with Crippen molar-refractivity contribution in [1.82, 2.24) is 15.6 Å². The minimum atomic E-state index is 0.413. The van der Waals surface area contributed by atoms with Gasteiger partial charge in [-0.25, -0.2) is 4.98 Å². The standard InChI is InChI=1S/C19H26BrN5S/c1-3-18-23-16(13-26-18)8-10-22-19(21-2)24-15-9-11-25(12-15)17-6-4-14(20)5-7-17/h4-7,13,15H,3,8-12H2,1-2H3,(H2,21,22,24). The van der Waals surface area contributed by atoms with Gasteiger partial charge in [-0.05, 0) is 37.1 Å². The molecular formula is C19H26BrN5S. The number of aryl methyl sites for hydroxylation is 1. The normalized spacial score (nSPS) is 17.6. The third-order valence-corrected chi connectivity index (χ3v) is 6.09. The van der Waals surface area contributed by atoms with Crippen LogP contribution in [0.1, 0.15) is 24.0 Å². The lowest BCUT2D eigenvalue weighted by Gasteiger charge is -2.20. The molecule has 1 atom stereocenters. The van der Waals surface area contributed by atoms with Gasteiger partial charge in [0.15, 0.2) is 5.96 Å². The van der Waals surface area contributed by atoms with Gasteiger partial charge in [-0.1, -0.05) is 22.9 Å². The fourth-order valence-electron chi connectivity index (χ4n) is 3.09. The van der Waals surface area contributed by atoms with E-state index in [0.717, 1.165) is 55.0 Å². The first kappa shape index (κ1) is 19.2. The van der Waals surface area contributed by atoms with E-state index in [1.54, 1.807) is 11.3 Å². The molecule has 3 rings (SSSR count). The number of halogens is 1. The second-order valence-electron chi connectivity index (χ2n) is 6.39. The van der Waals surface area contributed by atoms with E-state index in [9.17, 15) is 0 Å². The second kappa shape index (κ2) is 9.37. The van der Waals surface area contributed by atoms with E-state index in [-0.39, 0.29) is 0 Å². The summed E-state index contributed by atoms with van der Waals surface area (Å²) in [5.74, 6) is 0.874. The molecule has 2 heterocycles. The van der Waals surface area contributed by atoms with Crippen LogP contribution in [0, 0.1) is 0 Å². The van der Waals surface area contributed by atoms with Crippen LogP contribution in [0.4, 0.5) is 5.69 Å². The summed E-state index contributed by atoms with van der Waals surface area (Å²) in [5.41, 5.74) is 2.44. The van der Waals surface area contributed by atoms with E-state index < -0.39 is 0 Å². The van der Waals surface area contributed by atoms with E-state index in [2.05, 4.69) is 78.0 Å². The van der Waals surface area contributed by atoms with Crippen molar-refractivity contribution in [1.29, 1.82) is 0 Å². The Morgan fingerprint density at radius 2 is 2.19 bits per heavy atom. The molecule has 0 spiro atoms. The number of hydrogen-bond acceptors (Lipinski definition) is 4. The largest absolute Gasteiger partial charge is 0.369 e. The van der Waals surface area contributed by atoms with Gasteiger partial charge in [-0.3, -0.25) is 4.99 Å². The summed E-state index contributed by atoms with van der Waals surface area (Å²) in [6.07, 6.45) is 3.05. The molecule has 1 unspecified atom stereocenters. The predicted molar refractivity (Wildman–Crippen MR) is 114 cm³/mol. The molecule has 26 heavy (non-hydrogen) atoms. The van der Waals surface area contributed by atoms with Gasteiger partial charge in [0.25, 0.3) is 0 Å². The van der Waals surface area contributed by atoms with Gasteiger partial charge in [0.05, 0.1) is 10.7 Å². The van der Waals surface area contributed by atoms with Gasteiger partial charge in [-0.15, -0.1) is 11.3 Å². The fourth-order valence-corrected chi connectivity index (χ4v) is 4.13. The molecule has 1 saturated heterocycles. The zero-order chi connectivity index (χ0) is 18.4. The molecule has 1 fully saturated rings. The van der Waals surface area contributed by atoms with E-state index >= 15 is 0 Å². The summed E-state index contributed by atoms with van der Waals surface area (Å²) in [5, 5.41) is 10.3. The van der Waals surface area contributed by atoms with Crippen molar-refractivity contribution < 1.29 is 0 Å². The second-order valence-corrected chi connectivity index (χ2v) is 8.25. The Morgan fingerprint density at radius 3 is 2.88 bits per heavy atom. The van der Waals surface area contributed by atoms with Crippen LogP contribution < -0.4 is 15.5 Å². The number of anilines is 1. The molecule has 1 aliphatic heterocycles. The number of guanidine groups is 1. The number of nitrogens with one attached hydrogen (secondary N) is 2. The Labute approximate surface area is 168 Å². The lowest BCUT2D eigenvalue weighted by atomic mass is 10.2. The van der Waals surface area contributed by atoms with Gasteiger partial charge >= 0.3 is 0 Å². The van der Waals surface area contributed by atoms with E-state index in [0.29, 0.717) is 6.04 Å². The zero-order valence-corrected chi connectivity index (χ0v) is 17.7. The Hall–Kier alpha value is -1.60. The highest BCUT2D eigenvalue weighted by Gasteiger charge is 2.23. The maximum atomic E-state index is 4.61. The summed E-state index contributed by atoms with van der Waals surface area (Å²) >= 11 is 5.24. The quantitative estimate of drug-likeness (QED) is 0.538. The molecule has 1 aromatic carbocycles. The van der Waals surface area contributed by atoms with Gasteiger partial charge < -0.3 is 15.5 Å². The molecule has 140 valence electrons. The van der Waals surface area contributed by atoms with Crippen LogP contribution in [0.2, 0.25) is 0 Å². The summed E-state index contributed by atoms with van der Waals surface area (Å²) in [7, 11) is 1.83. The van der Waals surface area contributed by atoms with Crippen molar-refractivity contribution in [2.24, 2.45) is 4.99 Å². The highest BCUT2D eigenvalue weighted by atomic mass is 79.9. The number of thiazole rings is 1. The van der Waals surface area contributed by atoms with Crippen molar-refractivity contribution in [3.63, 3.8) is 0 Å². The van der Waals surface area contributed by atoms with Gasteiger partial charge in [-0.2, -0.15) is 0 Å². The van der Waals surface area contributed by atoms with E-state index in [1.807, 2.05) is 7.05 Å². The SMILES string of the molecule is CCc1nc(CCNC(=NC)NC2CCN(c3ccc(Br)cc3)C2)cs1. The molecular weight excluding hydrogens is 410 g/mol. The van der Waals surface area contributed by atoms with Crippen LogP contribution in [0.25, 0.3) is 0 Å². The lowest BCUT2D eigenvalue weighted by Crippen LogP contribution is -2.45. The Morgan fingerprint density at radius 1 is 1.38 bits per heavy atom. The topological polar surface area (TPSA) is 52.6 Å². The number of aromatic nitrogens is 1. The van der Waals surface area contributed by atoms with Gasteiger partial charge in [0.1, 0.15) is 0 Å². The third kappa shape index (κ3) is 5.20. The average Bonchev–Trinajstić information content (AvgIpc) is 3.31. The minimum Gasteiger partial charge on any atom is -0.369 e. The molecule has 0 amide bonds. The predicted octanol–water partition coefficient (Wildman–Crippen LogP) is 3.45. The summed E-state index contributed by atoms with van der Waals surface area (Å²) in [6.45, 7) is 5.05. The molecule has 2 N–H and O–H groups in total. The van der Waals surface area contributed by atoms with Crippen molar-refractivity contribution >= 4 is 38.9 Å². The van der Waals surface area contributed by atoms with Crippen LogP contribution in [0.15, 0.2) is 39.1 Å². The summed E-state index contributed by atoms with van der Waals surface area (Å²) in [6, 6.07) is 8.93. The number of nitrogens with zero attached hydrogens (tertiary/aromatic N) is 3. The Bertz CT molecular complexity index is 728. The Kier molecular flexibility index (Phi) is 6.91. The van der Waals surface area contributed by atoms with E-state index in [1.165, 1.54) is 10.7 Å². The first-order valence-electron chi connectivity index (χ1n) is 9.09. The highest BCUT2D eigenvalue weighted by Crippen LogP contribution is 2.22. The molecule has 0 saturated carbocycles. The first-order valence-corrected chi connectivity index (χ1v) is 10.8. The molecule has 7 heteroatoms. The number of aliphatic imine (C=N–C) groups is 1. The molecule has 1 aromatic heterocycles. The molecule has 2 aromatic rings. The smallest absolute Gasteiger partial charge is 0.191 e. The monoisotopic (exact) mass is 435 g/mol. The van der Waals surface area contributed by atoms with Crippen LogP contribution in [-0.2, 0) is 12.8 Å². The van der Waals surface area contributed by atoms with Crippen molar-refractivity contribution in [3.8, 4) is 0 Å². The van der Waals surface area contributed by atoms with Crippen molar-refractivity contribution in [2.45, 2.75) is 32.2 Å². The molecule has 1 aliphatic rings. The molecule has 5 nitrogen and oxygen atoms in total. The van der Waals surface area contributed by atoms with Crippen molar-refractivity contribution in [2.75, 3.05) is 31.6 Å². The molecule has 0 radical (unpaired) electrons. The summed E-state index contributed by atoms with van der Waals surface area (Å²) in [4.78, 5) is 11.4. The van der Waals surface area contributed by atoms with Gasteiger partial charge in [0, 0.05) is 54.7 Å². The van der Waals surface area contributed by atoms with Gasteiger partial charge in [0.2, 0.25) is 0 Å². The van der Waals surface area contributed by atoms with Crippen LogP contribution in [-0.4, -0.2) is 43.7 Å². The van der Waals surface area contributed by atoms with Crippen molar-refractivity contribution in [3.05, 3.63) is 44.8 Å². The lowest BCUT2D eigenvalue weighted by molar-refractivity contribution is 0.647. The van der Waals surface area contributed by atoms with Crippen LogP contribution in [0.5, 0.6) is 0 Å². The fraction of sp³-hybridized carbons (Fsp3) is 0.474. The minimum absolute atomic E-state index is 0.413. The summed E-state index contributed by atoms with van der Waals surface area (Å²) < 4.78 is 1.12. The maximum absolute atomic E-state index is 4.61. The van der Waals surface area contributed by atoms with E-state index in [4.69, 9.17) is 0 Å². The third-order valence-electron chi connectivity index (χ3n) is 4.52. The number of hydrogen-bond donors (Lipinski definition) is 2. The van der Waals surface area contributed by atoms with Crippen LogP contribution >= 0.6 is 27.3 Å². The number of benzene rings is 1. The number of rotatable bonds is 6. The Balaban J connectivity index is 1.44. The first-order chi connectivity index (χ1) is 12.7. The maximum Gasteiger partial charge on any atom is 0.191 e. The average molecular weight is 436 g/mol. The molecule has 0 bridgehead atoms. The highest BCUT2D eigenvalue weighted by molar-refractivity contribution is 9.10. The molecule has 0 aliphatic carbocycles. The van der Waals surface area contributed by atoms with Crippen LogP contribution in [0.3, 0.4) is 0 Å². The zero-order valence-electron chi connectivity index (χ0n) is 15.3.